The Hall–Kier alpha value is -2.02. The zero-order valence-corrected chi connectivity index (χ0v) is 19.8. The fourth-order valence-electron chi connectivity index (χ4n) is 5.90. The minimum absolute atomic E-state index is 0.103. The highest BCUT2D eigenvalue weighted by Crippen LogP contribution is 2.60. The van der Waals surface area contributed by atoms with Gasteiger partial charge in [-0.2, -0.15) is 0 Å². The van der Waals surface area contributed by atoms with Crippen molar-refractivity contribution in [2.75, 3.05) is 32.7 Å². The van der Waals surface area contributed by atoms with Crippen molar-refractivity contribution in [1.29, 1.82) is 0 Å². The lowest BCUT2D eigenvalue weighted by atomic mass is 9.62. The molecular formula is C26H37N3O3. The molecule has 32 heavy (non-hydrogen) atoms. The van der Waals surface area contributed by atoms with E-state index in [-0.39, 0.29) is 23.1 Å². The predicted octanol–water partition coefficient (Wildman–Crippen LogP) is 2.84. The number of benzene rings is 1. The summed E-state index contributed by atoms with van der Waals surface area (Å²) in [5.74, 6) is -0.370. The number of likely N-dealkylation sites (tertiary alicyclic amines) is 1. The Morgan fingerprint density at radius 3 is 2.38 bits per heavy atom. The van der Waals surface area contributed by atoms with Crippen LogP contribution in [0.5, 0.6) is 0 Å². The van der Waals surface area contributed by atoms with Gasteiger partial charge in [-0.3, -0.25) is 24.3 Å². The lowest BCUT2D eigenvalue weighted by Gasteiger charge is -2.52. The van der Waals surface area contributed by atoms with E-state index in [1.807, 2.05) is 25.1 Å². The van der Waals surface area contributed by atoms with Gasteiger partial charge in [-0.1, -0.05) is 63.3 Å². The summed E-state index contributed by atoms with van der Waals surface area (Å²) in [6.45, 7) is 11.8. The van der Waals surface area contributed by atoms with Gasteiger partial charge in [0.05, 0.1) is 11.5 Å². The summed E-state index contributed by atoms with van der Waals surface area (Å²) in [5, 5.41) is 10.7. The normalized spacial score (nSPS) is 30.8. The molecule has 2 amide bonds. The van der Waals surface area contributed by atoms with Crippen LogP contribution in [0.15, 0.2) is 36.4 Å². The van der Waals surface area contributed by atoms with E-state index < -0.39 is 17.7 Å². The molecule has 4 unspecified atom stereocenters. The van der Waals surface area contributed by atoms with Crippen molar-refractivity contribution < 1.29 is 14.7 Å². The smallest absolute Gasteiger partial charge is 0.237 e. The van der Waals surface area contributed by atoms with Crippen LogP contribution < -0.4 is 0 Å². The Kier molecular flexibility index (Phi) is 6.31. The SMILES string of the molecule is CC(O)C(N1CCN(C/C=C/c2ccccc2)CC1)N1C(=O)C2CCC(C)(C1=O)C2(C)C. The molecule has 1 N–H and O–H groups in total. The number of hydrogen-bond acceptors (Lipinski definition) is 5. The van der Waals surface area contributed by atoms with Crippen molar-refractivity contribution >= 4 is 17.9 Å². The van der Waals surface area contributed by atoms with Crippen LogP contribution in [0.4, 0.5) is 0 Å². The first-order valence-corrected chi connectivity index (χ1v) is 11.9. The fraction of sp³-hybridized carbons (Fsp3) is 0.615. The number of hydrogen-bond donors (Lipinski definition) is 1. The van der Waals surface area contributed by atoms with Gasteiger partial charge in [0.15, 0.2) is 0 Å². The molecule has 4 atom stereocenters. The van der Waals surface area contributed by atoms with Crippen LogP contribution in [-0.2, 0) is 9.59 Å². The van der Waals surface area contributed by atoms with Gasteiger partial charge in [-0.05, 0) is 30.7 Å². The van der Waals surface area contributed by atoms with Crippen molar-refractivity contribution in [2.45, 2.75) is 52.8 Å². The number of piperazine rings is 1. The third-order valence-electron chi connectivity index (χ3n) is 8.40. The van der Waals surface area contributed by atoms with Crippen molar-refractivity contribution in [3.8, 4) is 0 Å². The van der Waals surface area contributed by atoms with Crippen molar-refractivity contribution in [3.05, 3.63) is 42.0 Å². The van der Waals surface area contributed by atoms with Crippen molar-refractivity contribution in [1.82, 2.24) is 14.7 Å². The maximum absolute atomic E-state index is 13.6. The molecule has 2 saturated heterocycles. The summed E-state index contributed by atoms with van der Waals surface area (Å²) in [7, 11) is 0. The van der Waals surface area contributed by atoms with Gasteiger partial charge in [0.25, 0.3) is 0 Å². The van der Waals surface area contributed by atoms with Crippen LogP contribution >= 0.6 is 0 Å². The molecule has 174 valence electrons. The molecule has 3 aliphatic rings. The number of amides is 2. The molecular weight excluding hydrogens is 402 g/mol. The molecule has 1 aromatic carbocycles. The van der Waals surface area contributed by atoms with Crippen LogP contribution in [0.3, 0.4) is 0 Å². The second kappa shape index (κ2) is 8.73. The third kappa shape index (κ3) is 3.82. The Bertz CT molecular complexity index is 874. The predicted molar refractivity (Wildman–Crippen MR) is 125 cm³/mol. The molecule has 3 fully saturated rings. The first-order valence-electron chi connectivity index (χ1n) is 11.9. The third-order valence-corrected chi connectivity index (χ3v) is 8.40. The topological polar surface area (TPSA) is 64.1 Å². The quantitative estimate of drug-likeness (QED) is 0.691. The van der Waals surface area contributed by atoms with Crippen LogP contribution in [-0.4, -0.2) is 76.6 Å². The van der Waals surface area contributed by atoms with Gasteiger partial charge in [0.2, 0.25) is 11.8 Å². The van der Waals surface area contributed by atoms with Gasteiger partial charge in [-0.15, -0.1) is 0 Å². The zero-order valence-electron chi connectivity index (χ0n) is 19.8. The molecule has 4 rings (SSSR count). The molecule has 2 heterocycles. The highest BCUT2D eigenvalue weighted by atomic mass is 16.3. The summed E-state index contributed by atoms with van der Waals surface area (Å²) in [6, 6.07) is 10.3. The molecule has 2 aliphatic heterocycles. The number of imide groups is 1. The average molecular weight is 440 g/mol. The number of rotatable bonds is 6. The molecule has 6 nitrogen and oxygen atoms in total. The Balaban J connectivity index is 1.43. The van der Waals surface area contributed by atoms with E-state index in [1.54, 1.807) is 6.92 Å². The minimum Gasteiger partial charge on any atom is -0.390 e. The number of carbonyl (C=O) groups is 2. The highest BCUT2D eigenvalue weighted by molar-refractivity contribution is 6.04. The lowest BCUT2D eigenvalue weighted by Crippen LogP contribution is -2.68. The summed E-state index contributed by atoms with van der Waals surface area (Å²) >= 11 is 0. The number of aliphatic hydroxyl groups excluding tert-OH is 1. The number of nitrogens with zero attached hydrogens (tertiary/aromatic N) is 3. The minimum atomic E-state index is -0.795. The Morgan fingerprint density at radius 1 is 1.09 bits per heavy atom. The van der Waals surface area contributed by atoms with Gasteiger partial charge < -0.3 is 5.11 Å². The monoisotopic (exact) mass is 439 g/mol. The molecule has 0 spiro atoms. The van der Waals surface area contributed by atoms with E-state index >= 15 is 0 Å². The molecule has 1 aromatic rings. The van der Waals surface area contributed by atoms with E-state index in [2.05, 4.69) is 47.9 Å². The second-order valence-corrected chi connectivity index (χ2v) is 10.5. The lowest BCUT2D eigenvalue weighted by molar-refractivity contribution is -0.182. The summed E-state index contributed by atoms with van der Waals surface area (Å²) in [5.41, 5.74) is 0.293. The van der Waals surface area contributed by atoms with Crippen LogP contribution in [0.2, 0.25) is 0 Å². The molecule has 1 aliphatic carbocycles. The van der Waals surface area contributed by atoms with E-state index in [1.165, 1.54) is 10.5 Å². The Morgan fingerprint density at radius 2 is 1.75 bits per heavy atom. The highest BCUT2D eigenvalue weighted by Gasteiger charge is 2.65. The fourth-order valence-corrected chi connectivity index (χ4v) is 5.90. The van der Waals surface area contributed by atoms with Crippen molar-refractivity contribution in [2.24, 2.45) is 16.7 Å². The summed E-state index contributed by atoms with van der Waals surface area (Å²) in [4.78, 5) is 33.0. The standard InChI is InChI=1S/C26H37N3O3/c1-19(30)22(29-23(31)21-12-13-26(4,24(29)32)25(21,2)3)28-17-15-27(16-18-28)14-8-11-20-9-6-5-7-10-20/h5-11,19,21-22,30H,12-18H2,1-4H3/b11-8+. The number of aliphatic hydroxyl groups is 1. The number of piperidine rings is 1. The first kappa shape index (κ1) is 23.1. The maximum Gasteiger partial charge on any atom is 0.237 e. The molecule has 0 aromatic heterocycles. The van der Waals surface area contributed by atoms with Crippen LogP contribution in [0.25, 0.3) is 6.08 Å². The van der Waals surface area contributed by atoms with Gasteiger partial charge in [-0.25, -0.2) is 0 Å². The van der Waals surface area contributed by atoms with E-state index in [9.17, 15) is 14.7 Å². The zero-order chi connectivity index (χ0) is 23.1. The summed E-state index contributed by atoms with van der Waals surface area (Å²) < 4.78 is 0. The number of carbonyl (C=O) groups excluding carboxylic acids is 2. The van der Waals surface area contributed by atoms with E-state index in [4.69, 9.17) is 0 Å². The second-order valence-electron chi connectivity index (χ2n) is 10.5. The van der Waals surface area contributed by atoms with Gasteiger partial charge in [0, 0.05) is 38.6 Å². The molecule has 6 heteroatoms. The largest absolute Gasteiger partial charge is 0.390 e. The van der Waals surface area contributed by atoms with Crippen LogP contribution in [0.1, 0.15) is 46.1 Å². The van der Waals surface area contributed by atoms with Crippen molar-refractivity contribution in [3.63, 3.8) is 0 Å². The Labute approximate surface area is 191 Å². The van der Waals surface area contributed by atoms with E-state index in [0.717, 1.165) is 45.6 Å². The van der Waals surface area contributed by atoms with Gasteiger partial charge >= 0.3 is 0 Å². The molecule has 2 bridgehead atoms. The van der Waals surface area contributed by atoms with Gasteiger partial charge in [0.1, 0.15) is 6.17 Å². The van der Waals surface area contributed by atoms with Crippen LogP contribution in [0, 0.1) is 16.7 Å². The molecule has 1 saturated carbocycles. The first-order chi connectivity index (χ1) is 15.2. The maximum atomic E-state index is 13.6. The average Bonchev–Trinajstić information content (AvgIpc) is 2.95. The van der Waals surface area contributed by atoms with E-state index in [0.29, 0.717) is 0 Å². The number of fused-ring (bicyclic) bond motifs is 2. The molecule has 0 radical (unpaired) electrons. The summed E-state index contributed by atoms with van der Waals surface area (Å²) in [6.07, 6.45) is 4.41.